The Morgan fingerprint density at radius 2 is 1.72 bits per heavy atom. The maximum atomic E-state index is 12.7. The minimum absolute atomic E-state index is 0.0935. The first-order valence-electron chi connectivity index (χ1n) is 8.87. The van der Waals surface area contributed by atoms with E-state index in [-0.39, 0.29) is 11.5 Å². The van der Waals surface area contributed by atoms with Crippen molar-refractivity contribution in [3.8, 4) is 0 Å². The number of carbonyl (C=O) groups excluding carboxylic acids is 2. The fraction of sp³-hybridized carbons (Fsp3) is 0.0909. The number of furan rings is 1. The van der Waals surface area contributed by atoms with Crippen LogP contribution >= 0.6 is 27.5 Å². The summed E-state index contributed by atoms with van der Waals surface area (Å²) in [7, 11) is 0. The van der Waals surface area contributed by atoms with E-state index in [2.05, 4.69) is 26.6 Å². The van der Waals surface area contributed by atoms with Crippen LogP contribution in [0.4, 0.5) is 0 Å². The molecule has 3 aromatic rings. The van der Waals surface area contributed by atoms with Crippen molar-refractivity contribution in [2.24, 2.45) is 0 Å². The number of hydrogen-bond acceptors (Lipinski definition) is 3. The van der Waals surface area contributed by atoms with Crippen LogP contribution in [-0.4, -0.2) is 18.4 Å². The number of benzene rings is 2. The average Bonchev–Trinajstić information content (AvgIpc) is 3.16. The van der Waals surface area contributed by atoms with Crippen molar-refractivity contribution in [2.75, 3.05) is 6.54 Å². The summed E-state index contributed by atoms with van der Waals surface area (Å²) in [6.45, 7) is 0.434. The summed E-state index contributed by atoms with van der Waals surface area (Å²) in [5, 5.41) is 6.04. The predicted molar refractivity (Wildman–Crippen MR) is 116 cm³/mol. The summed E-state index contributed by atoms with van der Waals surface area (Å²) in [5.74, 6) is -0.819. The second kappa shape index (κ2) is 10.1. The molecule has 0 radical (unpaired) electrons. The van der Waals surface area contributed by atoms with E-state index in [4.69, 9.17) is 16.0 Å². The van der Waals surface area contributed by atoms with Gasteiger partial charge in [0.25, 0.3) is 11.8 Å². The molecule has 2 amide bonds. The van der Waals surface area contributed by atoms with Crippen LogP contribution in [0.3, 0.4) is 0 Å². The molecule has 0 unspecified atom stereocenters. The van der Waals surface area contributed by atoms with Crippen LogP contribution in [0, 0.1) is 0 Å². The Balaban J connectivity index is 1.73. The van der Waals surface area contributed by atoms with Gasteiger partial charge in [-0.15, -0.1) is 0 Å². The van der Waals surface area contributed by atoms with Crippen molar-refractivity contribution in [1.29, 1.82) is 0 Å². The molecule has 1 heterocycles. The smallest absolute Gasteiger partial charge is 0.291 e. The molecule has 2 N–H and O–H groups in total. The number of rotatable bonds is 7. The fourth-order valence-electron chi connectivity index (χ4n) is 2.56. The molecule has 0 spiro atoms. The lowest BCUT2D eigenvalue weighted by Crippen LogP contribution is -2.35. The molecule has 5 nitrogen and oxygen atoms in total. The van der Waals surface area contributed by atoms with Gasteiger partial charge < -0.3 is 15.1 Å². The summed E-state index contributed by atoms with van der Waals surface area (Å²) >= 11 is 9.08. The highest BCUT2D eigenvalue weighted by Crippen LogP contribution is 2.15. The van der Waals surface area contributed by atoms with Gasteiger partial charge in [-0.25, -0.2) is 0 Å². The van der Waals surface area contributed by atoms with Crippen molar-refractivity contribution >= 4 is 45.4 Å². The van der Waals surface area contributed by atoms with E-state index in [1.807, 2.05) is 30.3 Å². The molecule has 7 heteroatoms. The maximum Gasteiger partial charge on any atom is 0.291 e. The Morgan fingerprint density at radius 3 is 2.38 bits per heavy atom. The van der Waals surface area contributed by atoms with E-state index in [9.17, 15) is 9.59 Å². The SMILES string of the molecule is O=C(NCCc1ccccc1)C(=Cc1ccc(Cl)cc1)NC(=O)c1ccc(Br)o1. The molecule has 0 saturated carbocycles. The van der Waals surface area contributed by atoms with Crippen molar-refractivity contribution < 1.29 is 14.0 Å². The summed E-state index contributed by atoms with van der Waals surface area (Å²) < 4.78 is 5.69. The largest absolute Gasteiger partial charge is 0.444 e. The molecule has 148 valence electrons. The van der Waals surface area contributed by atoms with Crippen molar-refractivity contribution in [3.63, 3.8) is 0 Å². The Bertz CT molecular complexity index is 1010. The van der Waals surface area contributed by atoms with Crippen molar-refractivity contribution in [2.45, 2.75) is 6.42 Å². The van der Waals surface area contributed by atoms with Gasteiger partial charge in [0.15, 0.2) is 10.4 Å². The van der Waals surface area contributed by atoms with Gasteiger partial charge >= 0.3 is 0 Å². The lowest BCUT2D eigenvalue weighted by molar-refractivity contribution is -0.117. The molecule has 0 saturated heterocycles. The minimum Gasteiger partial charge on any atom is -0.444 e. The third kappa shape index (κ3) is 6.34. The molecule has 0 fully saturated rings. The summed E-state index contributed by atoms with van der Waals surface area (Å²) in [4.78, 5) is 25.2. The zero-order chi connectivity index (χ0) is 20.6. The van der Waals surface area contributed by atoms with E-state index in [1.165, 1.54) is 6.07 Å². The minimum atomic E-state index is -0.519. The zero-order valence-corrected chi connectivity index (χ0v) is 17.7. The average molecular weight is 474 g/mol. The van der Waals surface area contributed by atoms with E-state index >= 15 is 0 Å². The maximum absolute atomic E-state index is 12.7. The first-order valence-corrected chi connectivity index (χ1v) is 10.0. The van der Waals surface area contributed by atoms with E-state index in [0.29, 0.717) is 22.7 Å². The molecular formula is C22H18BrClN2O3. The highest BCUT2D eigenvalue weighted by Gasteiger charge is 2.17. The van der Waals surface area contributed by atoms with Crippen LogP contribution < -0.4 is 10.6 Å². The van der Waals surface area contributed by atoms with Crippen molar-refractivity contribution in [1.82, 2.24) is 10.6 Å². The highest BCUT2D eigenvalue weighted by molar-refractivity contribution is 9.10. The van der Waals surface area contributed by atoms with Crippen LogP contribution in [0.2, 0.25) is 5.02 Å². The molecule has 2 aromatic carbocycles. The number of hydrogen-bond donors (Lipinski definition) is 2. The van der Waals surface area contributed by atoms with Crippen LogP contribution in [0.5, 0.6) is 0 Å². The number of halogens is 2. The fourth-order valence-corrected chi connectivity index (χ4v) is 3.00. The number of amides is 2. The van der Waals surface area contributed by atoms with Gasteiger partial charge in [-0.2, -0.15) is 0 Å². The second-order valence-corrected chi connectivity index (χ2v) is 7.38. The first kappa shape index (κ1) is 20.9. The highest BCUT2D eigenvalue weighted by atomic mass is 79.9. The summed E-state index contributed by atoms with van der Waals surface area (Å²) in [6, 6.07) is 19.9. The van der Waals surface area contributed by atoms with Gasteiger partial charge in [-0.1, -0.05) is 54.1 Å². The van der Waals surface area contributed by atoms with Gasteiger partial charge in [0.05, 0.1) is 0 Å². The summed E-state index contributed by atoms with van der Waals surface area (Å²) in [5.41, 5.74) is 1.95. The van der Waals surface area contributed by atoms with Crippen LogP contribution in [0.1, 0.15) is 21.7 Å². The Morgan fingerprint density at radius 1 is 1.00 bits per heavy atom. The van der Waals surface area contributed by atoms with Gasteiger partial charge in [0.2, 0.25) is 0 Å². The Labute approximate surface area is 181 Å². The lowest BCUT2D eigenvalue weighted by Gasteiger charge is -2.10. The van der Waals surface area contributed by atoms with Crippen molar-refractivity contribution in [3.05, 3.63) is 99.0 Å². The Hall–Kier alpha value is -2.83. The normalized spacial score (nSPS) is 11.2. The van der Waals surface area contributed by atoms with Gasteiger partial charge in [0.1, 0.15) is 5.70 Å². The lowest BCUT2D eigenvalue weighted by atomic mass is 10.1. The van der Waals surface area contributed by atoms with E-state index in [0.717, 1.165) is 11.1 Å². The third-order valence-corrected chi connectivity index (χ3v) is 4.69. The summed E-state index contributed by atoms with van der Waals surface area (Å²) in [6.07, 6.45) is 2.27. The molecule has 0 aliphatic rings. The predicted octanol–water partition coefficient (Wildman–Crippen LogP) is 4.83. The van der Waals surface area contributed by atoms with E-state index in [1.54, 1.807) is 36.4 Å². The molecular weight excluding hydrogens is 456 g/mol. The van der Waals surface area contributed by atoms with Gasteiger partial charge in [0, 0.05) is 11.6 Å². The van der Waals surface area contributed by atoms with Gasteiger partial charge in [-0.3, -0.25) is 9.59 Å². The topological polar surface area (TPSA) is 71.3 Å². The standard InChI is InChI=1S/C22H18BrClN2O3/c23-20-11-10-19(29-20)22(28)26-18(14-16-6-8-17(24)9-7-16)21(27)25-13-12-15-4-2-1-3-5-15/h1-11,14H,12-13H2,(H,25,27)(H,26,28). The monoisotopic (exact) mass is 472 g/mol. The second-order valence-electron chi connectivity index (χ2n) is 6.16. The van der Waals surface area contributed by atoms with E-state index < -0.39 is 11.8 Å². The number of carbonyl (C=O) groups is 2. The molecule has 0 atom stereocenters. The Kier molecular flexibility index (Phi) is 7.27. The number of nitrogens with one attached hydrogen (secondary N) is 2. The quantitative estimate of drug-likeness (QED) is 0.483. The molecule has 0 bridgehead atoms. The van der Waals surface area contributed by atoms with Crippen LogP contribution in [-0.2, 0) is 11.2 Å². The molecule has 29 heavy (non-hydrogen) atoms. The van der Waals surface area contributed by atoms with Crippen LogP contribution in [0.25, 0.3) is 6.08 Å². The zero-order valence-electron chi connectivity index (χ0n) is 15.3. The van der Waals surface area contributed by atoms with Crippen LogP contribution in [0.15, 0.2) is 81.5 Å². The molecule has 3 rings (SSSR count). The third-order valence-electron chi connectivity index (χ3n) is 4.01. The molecule has 0 aliphatic heterocycles. The van der Waals surface area contributed by atoms with Gasteiger partial charge in [-0.05, 0) is 63.8 Å². The molecule has 1 aromatic heterocycles. The molecule has 0 aliphatic carbocycles. The first-order chi connectivity index (χ1) is 14.0.